The summed E-state index contributed by atoms with van der Waals surface area (Å²) in [4.78, 5) is 12.7. The lowest BCUT2D eigenvalue weighted by molar-refractivity contribution is -0.120. The summed E-state index contributed by atoms with van der Waals surface area (Å²) in [6, 6.07) is 7.37. The van der Waals surface area contributed by atoms with Crippen molar-refractivity contribution in [3.05, 3.63) is 40.9 Å². The number of hydrogen-bond acceptors (Lipinski definition) is 2. The van der Waals surface area contributed by atoms with Gasteiger partial charge in [-0.05, 0) is 31.2 Å². The molecule has 0 aliphatic carbocycles. The molecule has 0 saturated heterocycles. The van der Waals surface area contributed by atoms with Crippen LogP contribution in [0.4, 0.5) is 0 Å². The first kappa shape index (κ1) is 14.4. The number of carbonyl (C=O) groups excluding carboxylic acids is 1. The molecule has 0 fully saturated rings. The van der Waals surface area contributed by atoms with E-state index in [1.54, 1.807) is 12.1 Å². The SMILES string of the molecule is C=C(Cl)CNC(=O)C(C)Sc1ccc(Cl)cc1. The maximum atomic E-state index is 11.7. The number of benzene rings is 1. The summed E-state index contributed by atoms with van der Waals surface area (Å²) in [5.41, 5.74) is 0. The first-order chi connectivity index (χ1) is 7.99. The lowest BCUT2D eigenvalue weighted by Crippen LogP contribution is -2.31. The number of thioether (sulfide) groups is 1. The third-order valence-electron chi connectivity index (χ3n) is 1.95. The van der Waals surface area contributed by atoms with Crippen molar-refractivity contribution < 1.29 is 4.79 Å². The van der Waals surface area contributed by atoms with E-state index in [2.05, 4.69) is 11.9 Å². The van der Waals surface area contributed by atoms with Crippen LogP contribution in [-0.4, -0.2) is 17.7 Å². The van der Waals surface area contributed by atoms with Gasteiger partial charge >= 0.3 is 0 Å². The summed E-state index contributed by atoms with van der Waals surface area (Å²) in [5, 5.41) is 3.61. The van der Waals surface area contributed by atoms with Crippen molar-refractivity contribution in [1.29, 1.82) is 0 Å². The molecule has 92 valence electrons. The highest BCUT2D eigenvalue weighted by atomic mass is 35.5. The summed E-state index contributed by atoms with van der Waals surface area (Å²) in [5.74, 6) is -0.0632. The van der Waals surface area contributed by atoms with Gasteiger partial charge in [-0.25, -0.2) is 0 Å². The van der Waals surface area contributed by atoms with Gasteiger partial charge in [0.2, 0.25) is 5.91 Å². The van der Waals surface area contributed by atoms with Crippen LogP contribution in [0.15, 0.2) is 40.8 Å². The van der Waals surface area contributed by atoms with Gasteiger partial charge in [-0.15, -0.1) is 11.8 Å². The minimum Gasteiger partial charge on any atom is -0.350 e. The van der Waals surface area contributed by atoms with E-state index in [9.17, 15) is 4.79 Å². The molecule has 0 spiro atoms. The zero-order chi connectivity index (χ0) is 12.8. The maximum Gasteiger partial charge on any atom is 0.233 e. The summed E-state index contributed by atoms with van der Waals surface area (Å²) in [6.07, 6.45) is 0. The second kappa shape index (κ2) is 6.94. The van der Waals surface area contributed by atoms with Gasteiger partial charge in [0.15, 0.2) is 0 Å². The van der Waals surface area contributed by atoms with Crippen LogP contribution >= 0.6 is 35.0 Å². The van der Waals surface area contributed by atoms with Gasteiger partial charge in [-0.3, -0.25) is 4.79 Å². The van der Waals surface area contributed by atoms with Crippen molar-refractivity contribution in [2.24, 2.45) is 0 Å². The monoisotopic (exact) mass is 289 g/mol. The third kappa shape index (κ3) is 5.48. The Hall–Kier alpha value is -0.640. The summed E-state index contributed by atoms with van der Waals surface area (Å²) >= 11 is 12.8. The molecule has 1 aromatic rings. The van der Waals surface area contributed by atoms with E-state index in [4.69, 9.17) is 23.2 Å². The Morgan fingerprint density at radius 1 is 1.47 bits per heavy atom. The Bertz CT molecular complexity index is 405. The molecule has 0 radical (unpaired) electrons. The van der Waals surface area contributed by atoms with Gasteiger partial charge in [0.05, 0.1) is 11.8 Å². The van der Waals surface area contributed by atoms with Gasteiger partial charge in [0.25, 0.3) is 0 Å². The highest BCUT2D eigenvalue weighted by Gasteiger charge is 2.13. The fourth-order valence-corrected chi connectivity index (χ4v) is 2.18. The summed E-state index contributed by atoms with van der Waals surface area (Å²) in [7, 11) is 0. The Kier molecular flexibility index (Phi) is 5.89. The fraction of sp³-hybridized carbons (Fsp3) is 0.250. The molecule has 5 heteroatoms. The zero-order valence-corrected chi connectivity index (χ0v) is 11.7. The molecule has 1 amide bonds. The molecular weight excluding hydrogens is 277 g/mol. The molecule has 17 heavy (non-hydrogen) atoms. The lowest BCUT2D eigenvalue weighted by Gasteiger charge is -2.11. The van der Waals surface area contributed by atoms with Crippen LogP contribution in [0.5, 0.6) is 0 Å². The number of carbonyl (C=O) groups is 1. The molecule has 0 saturated carbocycles. The van der Waals surface area contributed by atoms with Crippen molar-refractivity contribution in [2.75, 3.05) is 6.54 Å². The van der Waals surface area contributed by atoms with Crippen LogP contribution in [-0.2, 0) is 4.79 Å². The van der Waals surface area contributed by atoms with Crippen LogP contribution in [0.3, 0.4) is 0 Å². The van der Waals surface area contributed by atoms with Crippen LogP contribution < -0.4 is 5.32 Å². The molecular formula is C12H13Cl2NOS. The van der Waals surface area contributed by atoms with E-state index in [-0.39, 0.29) is 11.2 Å². The second-order valence-corrected chi connectivity index (χ2v) is 5.83. The molecule has 0 aliphatic heterocycles. The topological polar surface area (TPSA) is 29.1 Å². The second-order valence-electron chi connectivity index (χ2n) is 3.45. The predicted octanol–water partition coefficient (Wildman–Crippen LogP) is 3.69. The van der Waals surface area contributed by atoms with Crippen molar-refractivity contribution in [1.82, 2.24) is 5.32 Å². The fourth-order valence-electron chi connectivity index (χ4n) is 1.10. The molecule has 0 aromatic heterocycles. The van der Waals surface area contributed by atoms with Crippen LogP contribution in [0.1, 0.15) is 6.92 Å². The zero-order valence-electron chi connectivity index (χ0n) is 9.37. The van der Waals surface area contributed by atoms with Crippen LogP contribution in [0.2, 0.25) is 5.02 Å². The highest BCUT2D eigenvalue weighted by molar-refractivity contribution is 8.00. The van der Waals surface area contributed by atoms with Crippen molar-refractivity contribution in [2.45, 2.75) is 17.1 Å². The minimum atomic E-state index is -0.188. The maximum absolute atomic E-state index is 11.7. The third-order valence-corrected chi connectivity index (χ3v) is 3.45. The van der Waals surface area contributed by atoms with E-state index in [1.807, 2.05) is 19.1 Å². The first-order valence-electron chi connectivity index (χ1n) is 5.02. The Morgan fingerprint density at radius 3 is 2.59 bits per heavy atom. The van der Waals surface area contributed by atoms with E-state index in [0.717, 1.165) is 4.90 Å². The molecule has 1 rings (SSSR count). The number of amides is 1. The molecule has 0 aliphatic rings. The summed E-state index contributed by atoms with van der Waals surface area (Å²) in [6.45, 7) is 5.65. The molecule has 0 bridgehead atoms. The number of rotatable bonds is 5. The Morgan fingerprint density at radius 2 is 2.06 bits per heavy atom. The van der Waals surface area contributed by atoms with E-state index < -0.39 is 0 Å². The van der Waals surface area contributed by atoms with Gasteiger partial charge in [0, 0.05) is 15.0 Å². The Labute approximate surface area is 115 Å². The number of hydrogen-bond donors (Lipinski definition) is 1. The summed E-state index contributed by atoms with van der Waals surface area (Å²) < 4.78 is 0. The number of halogens is 2. The Balaban J connectivity index is 2.48. The molecule has 1 atom stereocenters. The average Bonchev–Trinajstić information content (AvgIpc) is 2.28. The smallest absolute Gasteiger partial charge is 0.233 e. The largest absolute Gasteiger partial charge is 0.350 e. The standard InChI is InChI=1S/C12H13Cl2NOS/c1-8(13)7-15-12(16)9(2)17-11-5-3-10(14)4-6-11/h3-6,9H,1,7H2,2H3,(H,15,16). The molecule has 0 heterocycles. The van der Waals surface area contributed by atoms with E-state index in [0.29, 0.717) is 16.6 Å². The van der Waals surface area contributed by atoms with Crippen molar-refractivity contribution in [3.63, 3.8) is 0 Å². The molecule has 1 N–H and O–H groups in total. The molecule has 2 nitrogen and oxygen atoms in total. The van der Waals surface area contributed by atoms with Gasteiger partial charge in [-0.2, -0.15) is 0 Å². The van der Waals surface area contributed by atoms with Crippen molar-refractivity contribution >= 4 is 40.9 Å². The predicted molar refractivity (Wildman–Crippen MR) is 74.8 cm³/mol. The lowest BCUT2D eigenvalue weighted by atomic mass is 10.4. The van der Waals surface area contributed by atoms with Gasteiger partial charge in [0.1, 0.15) is 0 Å². The minimum absolute atomic E-state index is 0.0632. The van der Waals surface area contributed by atoms with Crippen LogP contribution in [0.25, 0.3) is 0 Å². The highest BCUT2D eigenvalue weighted by Crippen LogP contribution is 2.24. The van der Waals surface area contributed by atoms with Crippen molar-refractivity contribution in [3.8, 4) is 0 Å². The quantitative estimate of drug-likeness (QED) is 0.838. The normalized spacial score (nSPS) is 11.9. The molecule has 1 unspecified atom stereocenters. The van der Waals surface area contributed by atoms with E-state index in [1.165, 1.54) is 11.8 Å². The van der Waals surface area contributed by atoms with E-state index >= 15 is 0 Å². The number of nitrogens with one attached hydrogen (secondary N) is 1. The first-order valence-corrected chi connectivity index (χ1v) is 6.66. The van der Waals surface area contributed by atoms with Gasteiger partial charge in [-0.1, -0.05) is 29.8 Å². The average molecular weight is 290 g/mol. The molecule has 1 aromatic carbocycles. The van der Waals surface area contributed by atoms with Crippen LogP contribution in [0, 0.1) is 0 Å². The van der Waals surface area contributed by atoms with Gasteiger partial charge < -0.3 is 5.32 Å².